The zero-order valence-electron chi connectivity index (χ0n) is 14.6. The fraction of sp³-hybridized carbons (Fsp3) is 0.333. The van der Waals surface area contributed by atoms with Gasteiger partial charge < -0.3 is 19.4 Å². The number of furan rings is 1. The minimum Gasteiger partial charge on any atom is -0.467 e. The van der Waals surface area contributed by atoms with Crippen LogP contribution in [0.5, 0.6) is 0 Å². The number of carbonyl (C=O) groups excluding carboxylic acids is 3. The number of nitrogens with zero attached hydrogens (tertiary/aromatic N) is 2. The van der Waals surface area contributed by atoms with Crippen molar-refractivity contribution in [3.8, 4) is 0 Å². The maximum atomic E-state index is 12.3. The number of esters is 1. The third-order valence-electron chi connectivity index (χ3n) is 4.12. The van der Waals surface area contributed by atoms with Crippen molar-refractivity contribution in [2.45, 2.75) is 26.0 Å². The van der Waals surface area contributed by atoms with E-state index in [0.717, 1.165) is 0 Å². The van der Waals surface area contributed by atoms with Crippen LogP contribution in [0.3, 0.4) is 0 Å². The highest BCUT2D eigenvalue weighted by Crippen LogP contribution is 2.22. The minimum atomic E-state index is -1.02. The van der Waals surface area contributed by atoms with Gasteiger partial charge in [0.25, 0.3) is 5.91 Å². The van der Waals surface area contributed by atoms with E-state index in [9.17, 15) is 14.4 Å². The Bertz CT molecular complexity index is 822. The van der Waals surface area contributed by atoms with E-state index in [-0.39, 0.29) is 18.9 Å². The topological polar surface area (TPSA) is 102 Å². The van der Waals surface area contributed by atoms with Crippen molar-refractivity contribution in [1.82, 2.24) is 9.88 Å². The van der Waals surface area contributed by atoms with Crippen LogP contribution in [0.15, 0.2) is 41.1 Å². The Kier molecular flexibility index (Phi) is 5.75. The first-order chi connectivity index (χ1) is 12.9. The molecule has 27 heavy (non-hydrogen) atoms. The molecule has 3 rings (SSSR count). The van der Waals surface area contributed by atoms with Gasteiger partial charge in [-0.05, 0) is 31.2 Å². The van der Waals surface area contributed by atoms with Crippen LogP contribution in [0.2, 0.25) is 5.02 Å². The van der Waals surface area contributed by atoms with E-state index < -0.39 is 23.9 Å². The van der Waals surface area contributed by atoms with Gasteiger partial charge in [0.1, 0.15) is 11.6 Å². The summed E-state index contributed by atoms with van der Waals surface area (Å²) in [4.78, 5) is 42.0. The molecule has 2 atom stereocenters. The average molecular weight is 392 g/mol. The minimum absolute atomic E-state index is 0.0482. The molecular formula is C18H18ClN3O5. The number of anilines is 1. The molecule has 1 aliphatic rings. The summed E-state index contributed by atoms with van der Waals surface area (Å²) in [6, 6.07) is 6.61. The molecule has 2 aromatic heterocycles. The van der Waals surface area contributed by atoms with Crippen LogP contribution in [0.1, 0.15) is 19.1 Å². The van der Waals surface area contributed by atoms with Crippen LogP contribution in [-0.2, 0) is 25.7 Å². The van der Waals surface area contributed by atoms with Crippen molar-refractivity contribution >= 4 is 35.2 Å². The molecule has 0 bridgehead atoms. The summed E-state index contributed by atoms with van der Waals surface area (Å²) in [6.07, 6.45) is 1.94. The second-order valence-corrected chi connectivity index (χ2v) is 6.62. The monoisotopic (exact) mass is 391 g/mol. The molecule has 0 aliphatic carbocycles. The lowest BCUT2D eigenvalue weighted by Gasteiger charge is -2.17. The van der Waals surface area contributed by atoms with Crippen LogP contribution in [0.4, 0.5) is 5.82 Å². The molecule has 0 unspecified atom stereocenters. The molecule has 0 radical (unpaired) electrons. The quantitative estimate of drug-likeness (QED) is 0.758. The maximum Gasteiger partial charge on any atom is 0.312 e. The molecule has 0 saturated carbocycles. The van der Waals surface area contributed by atoms with Gasteiger partial charge in [-0.15, -0.1) is 0 Å². The summed E-state index contributed by atoms with van der Waals surface area (Å²) in [6.45, 7) is 1.99. The van der Waals surface area contributed by atoms with Gasteiger partial charge in [-0.1, -0.05) is 11.6 Å². The molecule has 8 nitrogen and oxygen atoms in total. The number of rotatable bonds is 6. The summed E-state index contributed by atoms with van der Waals surface area (Å²) in [7, 11) is 0. The Morgan fingerprint density at radius 2 is 2.26 bits per heavy atom. The molecular weight excluding hydrogens is 374 g/mol. The summed E-state index contributed by atoms with van der Waals surface area (Å²) < 4.78 is 10.4. The largest absolute Gasteiger partial charge is 0.467 e. The predicted octanol–water partition coefficient (Wildman–Crippen LogP) is 2.25. The van der Waals surface area contributed by atoms with Crippen LogP contribution < -0.4 is 5.32 Å². The Morgan fingerprint density at radius 3 is 2.93 bits per heavy atom. The zero-order valence-corrected chi connectivity index (χ0v) is 15.3. The number of aromatic nitrogens is 1. The number of halogens is 1. The number of amides is 2. The van der Waals surface area contributed by atoms with E-state index in [1.54, 1.807) is 18.2 Å². The Morgan fingerprint density at radius 1 is 1.44 bits per heavy atom. The molecule has 2 aromatic rings. The van der Waals surface area contributed by atoms with Gasteiger partial charge in [0, 0.05) is 19.2 Å². The first kappa shape index (κ1) is 18.9. The smallest absolute Gasteiger partial charge is 0.312 e. The van der Waals surface area contributed by atoms with Crippen LogP contribution in [0.25, 0.3) is 0 Å². The second kappa shape index (κ2) is 8.22. The fourth-order valence-corrected chi connectivity index (χ4v) is 2.79. The van der Waals surface area contributed by atoms with Crippen LogP contribution in [-0.4, -0.2) is 40.3 Å². The lowest BCUT2D eigenvalue weighted by molar-refractivity contribution is -0.157. The number of ether oxygens (including phenoxy) is 1. The molecule has 0 aromatic carbocycles. The van der Waals surface area contributed by atoms with Crippen LogP contribution >= 0.6 is 11.6 Å². The number of hydrogen-bond acceptors (Lipinski definition) is 6. The number of nitrogens with one attached hydrogen (secondary N) is 1. The predicted molar refractivity (Wildman–Crippen MR) is 95.7 cm³/mol. The van der Waals surface area contributed by atoms with Crippen molar-refractivity contribution in [3.63, 3.8) is 0 Å². The Balaban J connectivity index is 1.51. The maximum absolute atomic E-state index is 12.3. The first-order valence-electron chi connectivity index (χ1n) is 8.35. The van der Waals surface area contributed by atoms with Crippen molar-refractivity contribution in [2.24, 2.45) is 5.92 Å². The van der Waals surface area contributed by atoms with Crippen LogP contribution in [0, 0.1) is 5.92 Å². The Labute approximate surface area is 160 Å². The van der Waals surface area contributed by atoms with Gasteiger partial charge in [0.2, 0.25) is 5.91 Å². The molecule has 9 heteroatoms. The summed E-state index contributed by atoms with van der Waals surface area (Å²) in [5.41, 5.74) is 0. The average Bonchev–Trinajstić information content (AvgIpc) is 3.27. The third kappa shape index (κ3) is 4.85. The Hall–Kier alpha value is -2.87. The standard InChI is InChI=1S/C18H18ClN3O5/c1-11(17(24)21-15-5-4-13(19)8-20-15)27-18(25)12-7-16(23)22(9-12)10-14-3-2-6-26-14/h2-6,8,11-12H,7,9-10H2,1H3,(H,20,21,24)/t11-,12-/m0/s1. The van der Waals surface area contributed by atoms with E-state index in [0.29, 0.717) is 23.1 Å². The van der Waals surface area contributed by atoms with Gasteiger partial charge in [0.05, 0.1) is 23.7 Å². The van der Waals surface area contributed by atoms with Crippen molar-refractivity contribution in [2.75, 3.05) is 11.9 Å². The van der Waals surface area contributed by atoms with Crippen molar-refractivity contribution < 1.29 is 23.5 Å². The van der Waals surface area contributed by atoms with Gasteiger partial charge >= 0.3 is 5.97 Å². The molecule has 142 valence electrons. The number of likely N-dealkylation sites (tertiary alicyclic amines) is 1. The van der Waals surface area contributed by atoms with E-state index in [4.69, 9.17) is 20.8 Å². The highest BCUT2D eigenvalue weighted by atomic mass is 35.5. The highest BCUT2D eigenvalue weighted by molar-refractivity contribution is 6.30. The van der Waals surface area contributed by atoms with Gasteiger partial charge in [-0.2, -0.15) is 0 Å². The third-order valence-corrected chi connectivity index (χ3v) is 4.34. The molecule has 1 saturated heterocycles. The van der Waals surface area contributed by atoms with Crippen molar-refractivity contribution in [3.05, 3.63) is 47.5 Å². The SMILES string of the molecule is C[C@H](OC(=O)[C@H]1CC(=O)N(Cc2ccco2)C1)C(=O)Nc1ccc(Cl)cn1. The number of hydrogen-bond donors (Lipinski definition) is 1. The second-order valence-electron chi connectivity index (χ2n) is 6.18. The van der Waals surface area contributed by atoms with Gasteiger partial charge in [-0.3, -0.25) is 14.4 Å². The summed E-state index contributed by atoms with van der Waals surface area (Å²) in [5.74, 6) is -0.937. The van der Waals surface area contributed by atoms with E-state index in [1.165, 1.54) is 30.4 Å². The molecule has 1 fully saturated rings. The molecule has 0 spiro atoms. The fourth-order valence-electron chi connectivity index (χ4n) is 2.68. The number of carbonyl (C=O) groups is 3. The lowest BCUT2D eigenvalue weighted by atomic mass is 10.1. The van der Waals surface area contributed by atoms with E-state index in [2.05, 4.69) is 10.3 Å². The molecule has 1 aliphatic heterocycles. The van der Waals surface area contributed by atoms with Crippen molar-refractivity contribution in [1.29, 1.82) is 0 Å². The van der Waals surface area contributed by atoms with E-state index in [1.807, 2.05) is 0 Å². The lowest BCUT2D eigenvalue weighted by Crippen LogP contribution is -2.33. The number of pyridine rings is 1. The summed E-state index contributed by atoms with van der Waals surface area (Å²) >= 11 is 5.74. The van der Waals surface area contributed by atoms with Gasteiger partial charge in [0.15, 0.2) is 6.10 Å². The summed E-state index contributed by atoms with van der Waals surface area (Å²) in [5, 5.41) is 2.98. The highest BCUT2D eigenvalue weighted by Gasteiger charge is 2.36. The normalized spacial score (nSPS) is 17.6. The molecule has 2 amide bonds. The molecule has 1 N–H and O–H groups in total. The zero-order chi connectivity index (χ0) is 19.4. The first-order valence-corrected chi connectivity index (χ1v) is 8.73. The molecule has 3 heterocycles. The van der Waals surface area contributed by atoms with E-state index >= 15 is 0 Å². The van der Waals surface area contributed by atoms with Gasteiger partial charge in [-0.25, -0.2) is 4.98 Å².